The number of allylic oxidation sites excluding steroid dienone is 3. The number of carboxylic acids is 1. The molecule has 0 aliphatic heterocycles. The molecule has 0 radical (unpaired) electrons. The lowest BCUT2D eigenvalue weighted by Crippen LogP contribution is -2.05. The van der Waals surface area contributed by atoms with Crippen LogP contribution in [0.1, 0.15) is 57.8 Å². The molecule has 0 rings (SSSR count). The zero-order valence-electron chi connectivity index (χ0n) is 12.2. The Kier molecular flexibility index (Phi) is 12.8. The highest BCUT2D eigenvalue weighted by Crippen LogP contribution is 2.08. The predicted molar refractivity (Wildman–Crippen MR) is 82.3 cm³/mol. The van der Waals surface area contributed by atoms with E-state index in [1.165, 1.54) is 12.8 Å². The molecule has 0 aliphatic carbocycles. The largest absolute Gasteiger partial charge is 0.472 e. The van der Waals surface area contributed by atoms with Crippen LogP contribution in [0.3, 0.4) is 0 Å². The van der Waals surface area contributed by atoms with Gasteiger partial charge in [0.15, 0.2) is 0 Å². The number of rotatable bonds is 11. The van der Waals surface area contributed by atoms with Crippen LogP contribution in [0.5, 0.6) is 0 Å². The molecule has 1 atom stereocenters. The van der Waals surface area contributed by atoms with Gasteiger partial charge in [0.05, 0.1) is 6.10 Å². The van der Waals surface area contributed by atoms with Gasteiger partial charge in [0.1, 0.15) is 0 Å². The standard InChI is InChI=1S/C17H26O3/c1-2-3-4-5-6-7-8-10-13-16(18)14-11-9-12-15-17(19)20/h2,7-8,16,18H,1,3-6,9-11,13-14H2,(H,19,20)/b8-7+. The molecule has 0 spiro atoms. The number of aliphatic hydroxyl groups excluding tert-OH is 1. The molecule has 2 N–H and O–H groups in total. The fourth-order valence-electron chi connectivity index (χ4n) is 1.78. The van der Waals surface area contributed by atoms with E-state index in [0.29, 0.717) is 12.8 Å². The summed E-state index contributed by atoms with van der Waals surface area (Å²) in [6, 6.07) is 0. The van der Waals surface area contributed by atoms with Crippen molar-refractivity contribution in [2.45, 2.75) is 63.9 Å². The SMILES string of the molecule is C=CCCCC/C=C/CCC(O)CCCC#CC(=O)O. The summed E-state index contributed by atoms with van der Waals surface area (Å²) < 4.78 is 0. The van der Waals surface area contributed by atoms with E-state index < -0.39 is 5.97 Å². The van der Waals surface area contributed by atoms with E-state index in [4.69, 9.17) is 5.11 Å². The van der Waals surface area contributed by atoms with Gasteiger partial charge in [-0.3, -0.25) is 0 Å². The van der Waals surface area contributed by atoms with Gasteiger partial charge in [-0.2, -0.15) is 0 Å². The molecule has 1 unspecified atom stereocenters. The lowest BCUT2D eigenvalue weighted by molar-refractivity contribution is -0.130. The average Bonchev–Trinajstić information content (AvgIpc) is 2.41. The van der Waals surface area contributed by atoms with Gasteiger partial charge in [-0.25, -0.2) is 4.79 Å². The minimum atomic E-state index is -1.09. The van der Waals surface area contributed by atoms with Gasteiger partial charge >= 0.3 is 5.97 Å². The van der Waals surface area contributed by atoms with Crippen LogP contribution in [0.25, 0.3) is 0 Å². The van der Waals surface area contributed by atoms with E-state index >= 15 is 0 Å². The van der Waals surface area contributed by atoms with Crippen LogP contribution in [0.15, 0.2) is 24.8 Å². The van der Waals surface area contributed by atoms with Gasteiger partial charge in [0, 0.05) is 12.3 Å². The first kappa shape index (κ1) is 18.5. The van der Waals surface area contributed by atoms with E-state index in [-0.39, 0.29) is 6.10 Å². The van der Waals surface area contributed by atoms with Crippen molar-refractivity contribution in [1.82, 2.24) is 0 Å². The number of carbonyl (C=O) groups is 1. The smallest absolute Gasteiger partial charge is 0.381 e. The van der Waals surface area contributed by atoms with Crippen LogP contribution in [0, 0.1) is 11.8 Å². The van der Waals surface area contributed by atoms with E-state index in [9.17, 15) is 9.90 Å². The molecule has 0 bridgehead atoms. The third-order valence-electron chi connectivity index (χ3n) is 2.90. The fraction of sp³-hybridized carbons (Fsp3) is 0.588. The Morgan fingerprint density at radius 3 is 2.50 bits per heavy atom. The van der Waals surface area contributed by atoms with Crippen molar-refractivity contribution in [3.8, 4) is 11.8 Å². The maximum absolute atomic E-state index is 10.1. The molecule has 112 valence electrons. The summed E-state index contributed by atoms with van der Waals surface area (Å²) in [6.07, 6.45) is 14.1. The normalized spacial score (nSPS) is 11.8. The third kappa shape index (κ3) is 14.5. The molecule has 0 saturated heterocycles. The summed E-state index contributed by atoms with van der Waals surface area (Å²) in [5.41, 5.74) is 0. The zero-order valence-corrected chi connectivity index (χ0v) is 12.2. The van der Waals surface area contributed by atoms with Crippen LogP contribution in [0.4, 0.5) is 0 Å². The van der Waals surface area contributed by atoms with Crippen molar-refractivity contribution < 1.29 is 15.0 Å². The van der Waals surface area contributed by atoms with Crippen molar-refractivity contribution in [2.75, 3.05) is 0 Å². The van der Waals surface area contributed by atoms with Gasteiger partial charge in [0.2, 0.25) is 0 Å². The second-order valence-corrected chi connectivity index (χ2v) is 4.77. The monoisotopic (exact) mass is 278 g/mol. The first-order valence-electron chi connectivity index (χ1n) is 7.32. The fourth-order valence-corrected chi connectivity index (χ4v) is 1.78. The summed E-state index contributed by atoms with van der Waals surface area (Å²) >= 11 is 0. The number of carboxylic acid groups (broad SMARTS) is 1. The van der Waals surface area contributed by atoms with Crippen LogP contribution < -0.4 is 0 Å². The minimum absolute atomic E-state index is 0.313. The molecule has 0 aliphatic rings. The molecule has 0 saturated carbocycles. The van der Waals surface area contributed by atoms with Gasteiger partial charge in [-0.1, -0.05) is 24.1 Å². The van der Waals surface area contributed by atoms with E-state index in [2.05, 4.69) is 30.6 Å². The maximum atomic E-state index is 10.1. The molecule has 3 nitrogen and oxygen atoms in total. The van der Waals surface area contributed by atoms with Crippen molar-refractivity contribution in [3.63, 3.8) is 0 Å². The number of unbranched alkanes of at least 4 members (excludes halogenated alkanes) is 4. The third-order valence-corrected chi connectivity index (χ3v) is 2.90. The molecular weight excluding hydrogens is 252 g/mol. The molecule has 20 heavy (non-hydrogen) atoms. The Hall–Kier alpha value is -1.53. The van der Waals surface area contributed by atoms with Crippen LogP contribution in [0.2, 0.25) is 0 Å². The first-order valence-corrected chi connectivity index (χ1v) is 7.32. The maximum Gasteiger partial charge on any atom is 0.381 e. The first-order chi connectivity index (χ1) is 9.66. The van der Waals surface area contributed by atoms with Crippen LogP contribution >= 0.6 is 0 Å². The van der Waals surface area contributed by atoms with Crippen molar-refractivity contribution in [1.29, 1.82) is 0 Å². The molecular formula is C17H26O3. The lowest BCUT2D eigenvalue weighted by Gasteiger charge is -2.06. The minimum Gasteiger partial charge on any atom is -0.472 e. The predicted octanol–water partition coefficient (Wildman–Crippen LogP) is 3.69. The zero-order chi connectivity index (χ0) is 15.1. The van der Waals surface area contributed by atoms with Gasteiger partial charge in [-0.05, 0) is 51.4 Å². The molecule has 0 aromatic heterocycles. The highest BCUT2D eigenvalue weighted by Gasteiger charge is 2.01. The highest BCUT2D eigenvalue weighted by molar-refractivity contribution is 5.86. The van der Waals surface area contributed by atoms with E-state index in [1.54, 1.807) is 0 Å². The quantitative estimate of drug-likeness (QED) is 0.344. The summed E-state index contributed by atoms with van der Waals surface area (Å²) in [6.45, 7) is 3.69. The Balaban J connectivity index is 3.42. The molecule has 0 fully saturated rings. The summed E-state index contributed by atoms with van der Waals surface area (Å²) in [7, 11) is 0. The summed E-state index contributed by atoms with van der Waals surface area (Å²) in [4.78, 5) is 10.1. The number of aliphatic carboxylic acids is 1. The van der Waals surface area contributed by atoms with E-state index in [1.807, 2.05) is 6.08 Å². The number of hydrogen-bond acceptors (Lipinski definition) is 2. The Morgan fingerprint density at radius 1 is 1.10 bits per heavy atom. The second kappa shape index (κ2) is 13.9. The highest BCUT2D eigenvalue weighted by atomic mass is 16.4. The van der Waals surface area contributed by atoms with Crippen molar-refractivity contribution >= 4 is 5.97 Å². The number of hydrogen-bond donors (Lipinski definition) is 2. The molecule has 0 aromatic carbocycles. The second-order valence-electron chi connectivity index (χ2n) is 4.77. The average molecular weight is 278 g/mol. The summed E-state index contributed by atoms with van der Waals surface area (Å²) in [5.74, 6) is 3.53. The lowest BCUT2D eigenvalue weighted by atomic mass is 10.1. The van der Waals surface area contributed by atoms with Crippen LogP contribution in [-0.2, 0) is 4.79 Å². The van der Waals surface area contributed by atoms with Crippen molar-refractivity contribution in [3.05, 3.63) is 24.8 Å². The van der Waals surface area contributed by atoms with Gasteiger partial charge in [0.25, 0.3) is 0 Å². The topological polar surface area (TPSA) is 57.5 Å². The Bertz CT molecular complexity index is 347. The molecule has 0 amide bonds. The van der Waals surface area contributed by atoms with Gasteiger partial charge in [-0.15, -0.1) is 6.58 Å². The Morgan fingerprint density at radius 2 is 1.80 bits per heavy atom. The molecule has 0 heterocycles. The Labute approximate surface area is 122 Å². The van der Waals surface area contributed by atoms with Gasteiger partial charge < -0.3 is 10.2 Å². The summed E-state index contributed by atoms with van der Waals surface area (Å²) in [5, 5.41) is 18.0. The van der Waals surface area contributed by atoms with Crippen LogP contribution in [-0.4, -0.2) is 22.3 Å². The molecule has 0 aromatic rings. The van der Waals surface area contributed by atoms with E-state index in [0.717, 1.165) is 32.1 Å². The van der Waals surface area contributed by atoms with Crippen molar-refractivity contribution in [2.24, 2.45) is 0 Å². The molecule has 3 heteroatoms. The number of aliphatic hydroxyl groups is 1.